The van der Waals surface area contributed by atoms with Crippen molar-refractivity contribution in [3.05, 3.63) is 42.5 Å². The van der Waals surface area contributed by atoms with Gasteiger partial charge in [-0.05, 0) is 11.5 Å². The minimum Gasteiger partial charge on any atom is -0.469 e. The summed E-state index contributed by atoms with van der Waals surface area (Å²) in [6, 6.07) is 13.8. The molecule has 1 aliphatic heterocycles. The van der Waals surface area contributed by atoms with Crippen LogP contribution >= 0.6 is 0 Å². The highest BCUT2D eigenvalue weighted by molar-refractivity contribution is 6.06. The first-order valence-corrected chi connectivity index (χ1v) is 6.56. The number of anilines is 1. The fourth-order valence-corrected chi connectivity index (χ4v) is 2.71. The molecule has 2 aromatic carbocycles. The van der Waals surface area contributed by atoms with E-state index in [9.17, 15) is 9.59 Å². The van der Waals surface area contributed by atoms with Gasteiger partial charge in [-0.1, -0.05) is 36.4 Å². The van der Waals surface area contributed by atoms with Crippen molar-refractivity contribution in [1.29, 1.82) is 0 Å². The summed E-state index contributed by atoms with van der Waals surface area (Å²) >= 11 is 0. The molecule has 3 rings (SSSR count). The van der Waals surface area contributed by atoms with E-state index >= 15 is 0 Å². The Morgan fingerprint density at radius 2 is 1.95 bits per heavy atom. The van der Waals surface area contributed by atoms with E-state index in [4.69, 9.17) is 4.74 Å². The Balaban J connectivity index is 2.00. The highest BCUT2D eigenvalue weighted by Gasteiger charge is 2.36. The van der Waals surface area contributed by atoms with Crippen LogP contribution in [0.4, 0.5) is 5.69 Å². The second kappa shape index (κ2) is 4.96. The molecule has 0 spiro atoms. The van der Waals surface area contributed by atoms with E-state index < -0.39 is 0 Å². The van der Waals surface area contributed by atoms with Crippen LogP contribution in [0.1, 0.15) is 6.42 Å². The summed E-state index contributed by atoms with van der Waals surface area (Å²) in [6.07, 6.45) is 0.218. The normalized spacial score (nSPS) is 18.6. The van der Waals surface area contributed by atoms with E-state index in [1.165, 1.54) is 7.11 Å². The highest BCUT2D eigenvalue weighted by atomic mass is 16.5. The Morgan fingerprint density at radius 1 is 1.20 bits per heavy atom. The smallest absolute Gasteiger partial charge is 0.311 e. The zero-order valence-electron chi connectivity index (χ0n) is 11.2. The van der Waals surface area contributed by atoms with Gasteiger partial charge in [-0.3, -0.25) is 9.59 Å². The molecule has 2 aromatic rings. The molecule has 1 amide bonds. The Hall–Kier alpha value is -2.36. The van der Waals surface area contributed by atoms with Gasteiger partial charge in [0.25, 0.3) is 0 Å². The molecule has 0 N–H and O–H groups in total. The third-order valence-electron chi connectivity index (χ3n) is 3.72. The molecule has 0 bridgehead atoms. The lowest BCUT2D eigenvalue weighted by Crippen LogP contribution is -2.26. The van der Waals surface area contributed by atoms with Crippen molar-refractivity contribution in [1.82, 2.24) is 0 Å². The minimum atomic E-state index is -0.369. The number of fused-ring (bicyclic) bond motifs is 1. The number of hydrogen-bond donors (Lipinski definition) is 0. The van der Waals surface area contributed by atoms with Gasteiger partial charge in [-0.15, -0.1) is 0 Å². The third-order valence-corrected chi connectivity index (χ3v) is 3.72. The SMILES string of the molecule is COC(=O)[C@@H]1CC(=O)N(c2cccc3ccccc23)C1. The molecular weight excluding hydrogens is 254 g/mol. The van der Waals surface area contributed by atoms with Crippen LogP contribution in [-0.4, -0.2) is 25.5 Å². The van der Waals surface area contributed by atoms with Gasteiger partial charge in [0.05, 0.1) is 18.7 Å². The number of amides is 1. The fraction of sp³-hybridized carbons (Fsp3) is 0.250. The predicted octanol–water partition coefficient (Wildman–Crippen LogP) is 2.37. The van der Waals surface area contributed by atoms with Gasteiger partial charge in [0.15, 0.2) is 0 Å². The van der Waals surface area contributed by atoms with E-state index in [1.54, 1.807) is 4.90 Å². The summed E-state index contributed by atoms with van der Waals surface area (Å²) in [5.74, 6) is -0.718. The van der Waals surface area contributed by atoms with Gasteiger partial charge < -0.3 is 9.64 Å². The molecule has 102 valence electrons. The molecule has 4 heteroatoms. The Labute approximate surface area is 116 Å². The molecule has 0 radical (unpaired) electrons. The quantitative estimate of drug-likeness (QED) is 0.786. The number of hydrogen-bond acceptors (Lipinski definition) is 3. The first kappa shape index (κ1) is 12.7. The summed E-state index contributed by atoms with van der Waals surface area (Å²) in [5.41, 5.74) is 0.861. The van der Waals surface area contributed by atoms with E-state index in [0.717, 1.165) is 16.5 Å². The van der Waals surface area contributed by atoms with Gasteiger partial charge in [0.2, 0.25) is 5.91 Å². The highest BCUT2D eigenvalue weighted by Crippen LogP contribution is 2.31. The van der Waals surface area contributed by atoms with Crippen molar-refractivity contribution in [3.8, 4) is 0 Å². The molecule has 1 heterocycles. The lowest BCUT2D eigenvalue weighted by Gasteiger charge is -2.18. The fourth-order valence-electron chi connectivity index (χ4n) is 2.71. The van der Waals surface area contributed by atoms with Gasteiger partial charge in [-0.2, -0.15) is 0 Å². The number of rotatable bonds is 2. The first-order chi connectivity index (χ1) is 9.70. The molecule has 4 nitrogen and oxygen atoms in total. The van der Waals surface area contributed by atoms with E-state index in [2.05, 4.69) is 0 Å². The maximum Gasteiger partial charge on any atom is 0.311 e. The summed E-state index contributed by atoms with van der Waals surface area (Å²) in [4.78, 5) is 25.5. The van der Waals surface area contributed by atoms with Crippen molar-refractivity contribution in [2.45, 2.75) is 6.42 Å². The molecule has 0 aliphatic carbocycles. The summed E-state index contributed by atoms with van der Waals surface area (Å²) < 4.78 is 4.74. The second-order valence-corrected chi connectivity index (χ2v) is 4.93. The number of ether oxygens (including phenoxy) is 1. The Bertz CT molecular complexity index is 675. The zero-order chi connectivity index (χ0) is 14.1. The molecule has 1 atom stereocenters. The first-order valence-electron chi connectivity index (χ1n) is 6.56. The number of methoxy groups -OCH3 is 1. The van der Waals surface area contributed by atoms with Crippen LogP contribution in [-0.2, 0) is 14.3 Å². The van der Waals surface area contributed by atoms with Crippen LogP contribution in [0.3, 0.4) is 0 Å². The van der Waals surface area contributed by atoms with E-state index in [0.29, 0.717) is 6.54 Å². The van der Waals surface area contributed by atoms with E-state index in [-0.39, 0.29) is 24.2 Å². The lowest BCUT2D eigenvalue weighted by atomic mass is 10.1. The van der Waals surface area contributed by atoms with Gasteiger partial charge in [0.1, 0.15) is 0 Å². The van der Waals surface area contributed by atoms with Crippen LogP contribution in [0.2, 0.25) is 0 Å². The number of carbonyl (C=O) groups excluding carboxylic acids is 2. The van der Waals surface area contributed by atoms with Crippen LogP contribution in [0.25, 0.3) is 10.8 Å². The zero-order valence-corrected chi connectivity index (χ0v) is 11.2. The van der Waals surface area contributed by atoms with Crippen LogP contribution in [0.5, 0.6) is 0 Å². The largest absolute Gasteiger partial charge is 0.469 e. The van der Waals surface area contributed by atoms with Crippen LogP contribution < -0.4 is 4.90 Å². The number of nitrogens with zero attached hydrogens (tertiary/aromatic N) is 1. The molecule has 1 fully saturated rings. The number of benzene rings is 2. The topological polar surface area (TPSA) is 46.6 Å². The van der Waals surface area contributed by atoms with Crippen molar-refractivity contribution in [2.75, 3.05) is 18.6 Å². The summed E-state index contributed by atoms with van der Waals surface area (Å²) in [6.45, 7) is 0.388. The third kappa shape index (κ3) is 2.03. The maximum atomic E-state index is 12.2. The average molecular weight is 269 g/mol. The maximum absolute atomic E-state index is 12.2. The van der Waals surface area contributed by atoms with Crippen molar-refractivity contribution < 1.29 is 14.3 Å². The van der Waals surface area contributed by atoms with Gasteiger partial charge >= 0.3 is 5.97 Å². The van der Waals surface area contributed by atoms with E-state index in [1.807, 2.05) is 42.5 Å². The Morgan fingerprint density at radius 3 is 2.75 bits per heavy atom. The minimum absolute atomic E-state index is 0.0308. The van der Waals surface area contributed by atoms with Crippen molar-refractivity contribution in [2.24, 2.45) is 5.92 Å². The monoisotopic (exact) mass is 269 g/mol. The van der Waals surface area contributed by atoms with Gasteiger partial charge in [0, 0.05) is 18.4 Å². The number of esters is 1. The molecule has 0 unspecified atom stereocenters. The Kier molecular flexibility index (Phi) is 3.14. The molecular formula is C16H15NO3. The van der Waals surface area contributed by atoms with Crippen LogP contribution in [0, 0.1) is 5.92 Å². The lowest BCUT2D eigenvalue weighted by molar-refractivity contribution is -0.145. The van der Waals surface area contributed by atoms with Gasteiger partial charge in [-0.25, -0.2) is 0 Å². The van der Waals surface area contributed by atoms with Crippen LogP contribution in [0.15, 0.2) is 42.5 Å². The second-order valence-electron chi connectivity index (χ2n) is 4.93. The average Bonchev–Trinajstić information content (AvgIpc) is 2.87. The summed E-state index contributed by atoms with van der Waals surface area (Å²) in [7, 11) is 1.35. The molecule has 1 aliphatic rings. The summed E-state index contributed by atoms with van der Waals surface area (Å²) in [5, 5.41) is 2.10. The predicted molar refractivity (Wildman–Crippen MR) is 76.4 cm³/mol. The molecule has 20 heavy (non-hydrogen) atoms. The molecule has 1 saturated heterocycles. The number of carbonyl (C=O) groups is 2. The van der Waals surface area contributed by atoms with Crippen molar-refractivity contribution in [3.63, 3.8) is 0 Å². The molecule has 0 saturated carbocycles. The van der Waals surface area contributed by atoms with Crippen molar-refractivity contribution >= 4 is 28.3 Å². The molecule has 0 aromatic heterocycles. The standard InChI is InChI=1S/C16H15NO3/c1-20-16(19)12-9-15(18)17(10-12)14-8-4-6-11-5-2-3-7-13(11)14/h2-8,12H,9-10H2,1H3/t12-/m1/s1.